The minimum Gasteiger partial charge on any atom is -0.346 e. The lowest BCUT2D eigenvalue weighted by molar-refractivity contribution is -0.132. The maximum atomic E-state index is 4.93. The molecule has 0 amide bonds. The minimum absolute atomic E-state index is 0.806. The van der Waals surface area contributed by atoms with Gasteiger partial charge in [-0.25, -0.2) is 0 Å². The lowest BCUT2D eigenvalue weighted by Gasteiger charge is -2.22. The highest BCUT2D eigenvalue weighted by Crippen LogP contribution is 2.12. The van der Waals surface area contributed by atoms with Crippen molar-refractivity contribution >= 4 is 0 Å². The lowest BCUT2D eigenvalue weighted by Crippen LogP contribution is -2.27. The number of hydrogen-bond acceptors (Lipinski definition) is 2. The molecule has 0 saturated heterocycles. The van der Waals surface area contributed by atoms with Crippen LogP contribution >= 0.6 is 0 Å². The summed E-state index contributed by atoms with van der Waals surface area (Å²) < 4.78 is 9.85. The fourth-order valence-corrected chi connectivity index (χ4v) is 0.500. The number of ether oxygens (including phenoxy) is 2. The standard InChI is InChI=1S/C7H12O2/c1-5-7(6-2,8-3)9-4/h5-6H,1-2H2,3-4H3. The van der Waals surface area contributed by atoms with Gasteiger partial charge >= 0.3 is 0 Å². The van der Waals surface area contributed by atoms with Gasteiger partial charge in [0.15, 0.2) is 0 Å². The third-order valence-corrected chi connectivity index (χ3v) is 1.21. The molecule has 0 spiro atoms. The van der Waals surface area contributed by atoms with E-state index in [9.17, 15) is 0 Å². The lowest BCUT2D eigenvalue weighted by atomic mass is 10.3. The highest BCUT2D eigenvalue weighted by molar-refractivity contribution is 5.02. The van der Waals surface area contributed by atoms with E-state index >= 15 is 0 Å². The molecule has 0 aromatic heterocycles. The van der Waals surface area contributed by atoms with E-state index in [1.165, 1.54) is 14.2 Å². The molecule has 0 heterocycles. The zero-order valence-electron chi connectivity index (χ0n) is 5.89. The van der Waals surface area contributed by atoms with Crippen molar-refractivity contribution in [2.24, 2.45) is 0 Å². The van der Waals surface area contributed by atoms with E-state index in [0.717, 1.165) is 0 Å². The van der Waals surface area contributed by atoms with Gasteiger partial charge in [-0.3, -0.25) is 0 Å². The topological polar surface area (TPSA) is 18.5 Å². The largest absolute Gasteiger partial charge is 0.346 e. The molecule has 0 aliphatic carbocycles. The van der Waals surface area contributed by atoms with E-state index in [2.05, 4.69) is 13.2 Å². The number of hydrogen-bond donors (Lipinski definition) is 0. The van der Waals surface area contributed by atoms with Crippen LogP contribution in [0.25, 0.3) is 0 Å². The molecule has 0 aliphatic heterocycles. The molecule has 0 aromatic rings. The average Bonchev–Trinajstić information content (AvgIpc) is 1.95. The van der Waals surface area contributed by atoms with Crippen LogP contribution in [0.5, 0.6) is 0 Å². The Bertz CT molecular complexity index is 93.5. The fourth-order valence-electron chi connectivity index (χ4n) is 0.500. The monoisotopic (exact) mass is 128 g/mol. The van der Waals surface area contributed by atoms with Crippen LogP contribution in [0.2, 0.25) is 0 Å². The highest BCUT2D eigenvalue weighted by atomic mass is 16.7. The smallest absolute Gasteiger partial charge is 0.206 e. The summed E-state index contributed by atoms with van der Waals surface area (Å²) in [5, 5.41) is 0. The molecule has 0 radical (unpaired) electrons. The molecule has 0 atom stereocenters. The first kappa shape index (κ1) is 8.40. The summed E-state index contributed by atoms with van der Waals surface area (Å²) in [5.74, 6) is -0.806. The van der Waals surface area contributed by atoms with Gasteiger partial charge in [0, 0.05) is 14.2 Å². The Morgan fingerprint density at radius 1 is 1.11 bits per heavy atom. The average molecular weight is 128 g/mol. The van der Waals surface area contributed by atoms with Gasteiger partial charge in [0.05, 0.1) is 0 Å². The number of methoxy groups -OCH3 is 2. The molecule has 9 heavy (non-hydrogen) atoms. The van der Waals surface area contributed by atoms with Crippen molar-refractivity contribution in [3.05, 3.63) is 25.3 Å². The third-order valence-electron chi connectivity index (χ3n) is 1.21. The van der Waals surface area contributed by atoms with Crippen molar-refractivity contribution in [2.75, 3.05) is 14.2 Å². The van der Waals surface area contributed by atoms with E-state index in [0.29, 0.717) is 0 Å². The van der Waals surface area contributed by atoms with Gasteiger partial charge in [0.1, 0.15) is 0 Å². The van der Waals surface area contributed by atoms with Crippen molar-refractivity contribution in [1.82, 2.24) is 0 Å². The summed E-state index contributed by atoms with van der Waals surface area (Å²) in [6, 6.07) is 0. The summed E-state index contributed by atoms with van der Waals surface area (Å²) >= 11 is 0. The SMILES string of the molecule is C=CC(C=C)(OC)OC. The Morgan fingerprint density at radius 3 is 1.44 bits per heavy atom. The Labute approximate surface area is 55.8 Å². The Balaban J connectivity index is 4.15. The van der Waals surface area contributed by atoms with Gasteiger partial charge in [-0.1, -0.05) is 13.2 Å². The van der Waals surface area contributed by atoms with E-state index in [1.54, 1.807) is 12.2 Å². The Kier molecular flexibility index (Phi) is 3.20. The molecule has 0 aliphatic rings. The van der Waals surface area contributed by atoms with Gasteiger partial charge in [-0.05, 0) is 12.2 Å². The molecular weight excluding hydrogens is 116 g/mol. The quantitative estimate of drug-likeness (QED) is 0.420. The Morgan fingerprint density at radius 2 is 1.44 bits per heavy atom. The maximum Gasteiger partial charge on any atom is 0.206 e. The molecule has 0 fully saturated rings. The summed E-state index contributed by atoms with van der Waals surface area (Å²) in [6.07, 6.45) is 3.08. The molecule has 0 saturated carbocycles. The van der Waals surface area contributed by atoms with Crippen molar-refractivity contribution in [2.45, 2.75) is 5.79 Å². The van der Waals surface area contributed by atoms with Crippen LogP contribution in [0.3, 0.4) is 0 Å². The maximum absolute atomic E-state index is 4.93. The fraction of sp³-hybridized carbons (Fsp3) is 0.429. The van der Waals surface area contributed by atoms with Crippen LogP contribution in [-0.2, 0) is 9.47 Å². The van der Waals surface area contributed by atoms with Gasteiger partial charge in [0.25, 0.3) is 0 Å². The molecule has 2 heteroatoms. The van der Waals surface area contributed by atoms with Gasteiger partial charge in [-0.15, -0.1) is 0 Å². The van der Waals surface area contributed by atoms with E-state index in [1.807, 2.05) is 0 Å². The highest BCUT2D eigenvalue weighted by Gasteiger charge is 2.18. The summed E-state index contributed by atoms with van der Waals surface area (Å²) in [4.78, 5) is 0. The molecule has 2 nitrogen and oxygen atoms in total. The van der Waals surface area contributed by atoms with Crippen molar-refractivity contribution < 1.29 is 9.47 Å². The zero-order valence-corrected chi connectivity index (χ0v) is 5.89. The molecule has 0 aromatic carbocycles. The second kappa shape index (κ2) is 3.43. The first-order chi connectivity index (χ1) is 4.24. The molecule has 0 unspecified atom stereocenters. The van der Waals surface area contributed by atoms with Crippen molar-refractivity contribution in [3.63, 3.8) is 0 Å². The third kappa shape index (κ3) is 1.66. The second-order valence-corrected chi connectivity index (χ2v) is 1.54. The van der Waals surface area contributed by atoms with Crippen LogP contribution in [0.15, 0.2) is 25.3 Å². The molecular formula is C7H12O2. The number of rotatable bonds is 4. The zero-order chi connectivity index (χ0) is 7.33. The summed E-state index contributed by atoms with van der Waals surface area (Å²) in [6.45, 7) is 7.05. The van der Waals surface area contributed by atoms with Crippen molar-refractivity contribution in [3.8, 4) is 0 Å². The van der Waals surface area contributed by atoms with Crippen LogP contribution in [0.4, 0.5) is 0 Å². The predicted octanol–water partition coefficient (Wildman–Crippen LogP) is 1.35. The van der Waals surface area contributed by atoms with Crippen LogP contribution in [-0.4, -0.2) is 20.0 Å². The van der Waals surface area contributed by atoms with Crippen LogP contribution in [0, 0.1) is 0 Å². The molecule has 0 rings (SSSR count). The summed E-state index contributed by atoms with van der Waals surface area (Å²) in [5.41, 5.74) is 0. The second-order valence-electron chi connectivity index (χ2n) is 1.54. The molecule has 0 N–H and O–H groups in total. The predicted molar refractivity (Wildman–Crippen MR) is 37.1 cm³/mol. The van der Waals surface area contributed by atoms with E-state index in [4.69, 9.17) is 9.47 Å². The minimum atomic E-state index is -0.806. The van der Waals surface area contributed by atoms with Crippen LogP contribution < -0.4 is 0 Å². The van der Waals surface area contributed by atoms with E-state index in [-0.39, 0.29) is 0 Å². The summed E-state index contributed by atoms with van der Waals surface area (Å²) in [7, 11) is 3.07. The van der Waals surface area contributed by atoms with Gasteiger partial charge in [0.2, 0.25) is 5.79 Å². The van der Waals surface area contributed by atoms with E-state index < -0.39 is 5.79 Å². The molecule has 52 valence electrons. The van der Waals surface area contributed by atoms with Gasteiger partial charge in [-0.2, -0.15) is 0 Å². The molecule has 0 bridgehead atoms. The van der Waals surface area contributed by atoms with Crippen molar-refractivity contribution in [1.29, 1.82) is 0 Å². The normalized spacial score (nSPS) is 10.9. The Hall–Kier alpha value is -0.600. The first-order valence-corrected chi connectivity index (χ1v) is 2.62. The first-order valence-electron chi connectivity index (χ1n) is 2.62. The van der Waals surface area contributed by atoms with Crippen LogP contribution in [0.1, 0.15) is 0 Å². The van der Waals surface area contributed by atoms with Gasteiger partial charge < -0.3 is 9.47 Å².